The first kappa shape index (κ1) is 15.5. The molecule has 2 atom stereocenters. The van der Waals surface area contributed by atoms with Crippen LogP contribution in [0, 0.1) is 5.92 Å². The molecule has 0 saturated carbocycles. The number of nitrogens with one attached hydrogen (secondary N) is 2. The normalized spacial score (nSPS) is 25.8. The van der Waals surface area contributed by atoms with Crippen molar-refractivity contribution in [1.29, 1.82) is 0 Å². The fourth-order valence-corrected chi connectivity index (χ4v) is 4.55. The average Bonchev–Trinajstić information content (AvgIpc) is 2.76. The number of hydrogen-bond donors (Lipinski definition) is 2. The molecule has 120 valence electrons. The third-order valence-corrected chi connectivity index (χ3v) is 5.91. The number of likely N-dealkylation sites (N-methyl/N-ethyl adjacent to an activating group) is 1. The van der Waals surface area contributed by atoms with Crippen LogP contribution in [-0.4, -0.2) is 51.9 Å². The quantitative estimate of drug-likeness (QED) is 0.833. The van der Waals surface area contributed by atoms with E-state index >= 15 is 0 Å². The number of rotatable bonds is 3. The first-order chi connectivity index (χ1) is 10.4. The van der Waals surface area contributed by atoms with Gasteiger partial charge in [-0.15, -0.1) is 0 Å². The van der Waals surface area contributed by atoms with Crippen molar-refractivity contribution < 1.29 is 13.2 Å². The topological polar surface area (TPSA) is 78.5 Å². The zero-order valence-corrected chi connectivity index (χ0v) is 13.6. The lowest BCUT2D eigenvalue weighted by Crippen LogP contribution is -2.39. The predicted octanol–water partition coefficient (Wildman–Crippen LogP) is 0.201. The molecule has 2 aliphatic heterocycles. The second-order valence-corrected chi connectivity index (χ2v) is 7.97. The summed E-state index contributed by atoms with van der Waals surface area (Å²) in [4.78, 5) is 14.1. The summed E-state index contributed by atoms with van der Waals surface area (Å²) in [6, 6.07) is 4.71. The summed E-state index contributed by atoms with van der Waals surface area (Å²) in [5, 5.41) is 2.74. The van der Waals surface area contributed by atoms with E-state index in [0.717, 1.165) is 18.5 Å². The number of benzene rings is 1. The molecule has 1 fully saturated rings. The standard InChI is InChI=1S/C15H21N3O3S/c1-10-8-18(2)9-14(10)17-22(20,21)12-4-3-11-5-6-16-15(19)13(11)7-12/h3-4,7,10,14,17H,5-6,8-9H2,1-2H3,(H,16,19)/t10-,14+/m1/s1. The largest absolute Gasteiger partial charge is 0.352 e. The number of hydrogen-bond acceptors (Lipinski definition) is 4. The molecule has 22 heavy (non-hydrogen) atoms. The highest BCUT2D eigenvalue weighted by atomic mass is 32.2. The van der Waals surface area contributed by atoms with Crippen molar-refractivity contribution >= 4 is 15.9 Å². The Hall–Kier alpha value is -1.44. The van der Waals surface area contributed by atoms with Crippen molar-refractivity contribution in [3.05, 3.63) is 29.3 Å². The number of carbonyl (C=O) groups excluding carboxylic acids is 1. The lowest BCUT2D eigenvalue weighted by Gasteiger charge is -2.19. The maximum Gasteiger partial charge on any atom is 0.251 e. The van der Waals surface area contributed by atoms with Gasteiger partial charge in [-0.3, -0.25) is 4.79 Å². The molecule has 1 amide bonds. The molecule has 3 rings (SSSR count). The minimum Gasteiger partial charge on any atom is -0.352 e. The van der Waals surface area contributed by atoms with E-state index in [-0.39, 0.29) is 22.8 Å². The Balaban J connectivity index is 1.86. The van der Waals surface area contributed by atoms with E-state index in [0.29, 0.717) is 18.7 Å². The molecule has 2 N–H and O–H groups in total. The molecule has 2 aliphatic rings. The molecule has 0 bridgehead atoms. The van der Waals surface area contributed by atoms with Crippen LogP contribution in [0.3, 0.4) is 0 Å². The molecule has 1 saturated heterocycles. The average molecular weight is 323 g/mol. The van der Waals surface area contributed by atoms with E-state index in [1.165, 1.54) is 6.07 Å². The zero-order chi connectivity index (χ0) is 15.9. The molecule has 1 aromatic carbocycles. The minimum atomic E-state index is -3.61. The van der Waals surface area contributed by atoms with Crippen molar-refractivity contribution in [2.45, 2.75) is 24.3 Å². The maximum atomic E-state index is 12.6. The monoisotopic (exact) mass is 323 g/mol. The Kier molecular flexibility index (Phi) is 3.96. The van der Waals surface area contributed by atoms with Gasteiger partial charge in [-0.05, 0) is 37.1 Å². The second kappa shape index (κ2) is 5.64. The van der Waals surface area contributed by atoms with Crippen molar-refractivity contribution in [3.8, 4) is 0 Å². The molecule has 2 heterocycles. The van der Waals surface area contributed by atoms with Crippen LogP contribution >= 0.6 is 0 Å². The molecule has 6 nitrogen and oxygen atoms in total. The van der Waals surface area contributed by atoms with Gasteiger partial charge in [0.1, 0.15) is 0 Å². The number of amides is 1. The van der Waals surface area contributed by atoms with Gasteiger partial charge in [-0.25, -0.2) is 13.1 Å². The lowest BCUT2D eigenvalue weighted by molar-refractivity contribution is 0.0945. The van der Waals surface area contributed by atoms with E-state index in [1.807, 2.05) is 14.0 Å². The summed E-state index contributed by atoms with van der Waals surface area (Å²) < 4.78 is 27.9. The Morgan fingerprint density at radius 2 is 2.09 bits per heavy atom. The number of fused-ring (bicyclic) bond motifs is 1. The Morgan fingerprint density at radius 3 is 2.77 bits per heavy atom. The van der Waals surface area contributed by atoms with Gasteiger partial charge in [0.15, 0.2) is 0 Å². The van der Waals surface area contributed by atoms with Gasteiger partial charge in [0.05, 0.1) is 4.90 Å². The van der Waals surface area contributed by atoms with E-state index < -0.39 is 10.0 Å². The second-order valence-electron chi connectivity index (χ2n) is 6.25. The van der Waals surface area contributed by atoms with Gasteiger partial charge < -0.3 is 10.2 Å². The third-order valence-electron chi connectivity index (χ3n) is 4.42. The smallest absolute Gasteiger partial charge is 0.251 e. The van der Waals surface area contributed by atoms with Gasteiger partial charge in [0.2, 0.25) is 10.0 Å². The molecule has 1 aromatic rings. The van der Waals surface area contributed by atoms with Gasteiger partial charge in [-0.2, -0.15) is 0 Å². The zero-order valence-electron chi connectivity index (χ0n) is 12.8. The minimum absolute atomic E-state index is 0.0974. The molecule has 0 spiro atoms. The maximum absolute atomic E-state index is 12.6. The highest BCUT2D eigenvalue weighted by molar-refractivity contribution is 7.89. The highest BCUT2D eigenvalue weighted by Crippen LogP contribution is 2.21. The number of nitrogens with zero attached hydrogens (tertiary/aromatic N) is 1. The number of likely N-dealkylation sites (tertiary alicyclic amines) is 1. The molecule has 0 unspecified atom stereocenters. The highest BCUT2D eigenvalue weighted by Gasteiger charge is 2.31. The van der Waals surface area contributed by atoms with Gasteiger partial charge in [0.25, 0.3) is 5.91 Å². The van der Waals surface area contributed by atoms with Crippen molar-refractivity contribution in [1.82, 2.24) is 14.9 Å². The summed E-state index contributed by atoms with van der Waals surface area (Å²) >= 11 is 0. The molecule has 0 aliphatic carbocycles. The molecule has 0 radical (unpaired) electrons. The van der Waals surface area contributed by atoms with E-state index in [9.17, 15) is 13.2 Å². The van der Waals surface area contributed by atoms with Crippen LogP contribution in [0.15, 0.2) is 23.1 Å². The van der Waals surface area contributed by atoms with Gasteiger partial charge >= 0.3 is 0 Å². The number of carbonyl (C=O) groups is 1. The van der Waals surface area contributed by atoms with Crippen molar-refractivity contribution in [2.75, 3.05) is 26.7 Å². The lowest BCUT2D eigenvalue weighted by atomic mass is 10.0. The summed E-state index contributed by atoms with van der Waals surface area (Å²) in [6.45, 7) is 4.21. The van der Waals surface area contributed by atoms with E-state index in [1.54, 1.807) is 12.1 Å². The van der Waals surface area contributed by atoms with Crippen LogP contribution in [0.2, 0.25) is 0 Å². The molecular weight excluding hydrogens is 302 g/mol. The van der Waals surface area contributed by atoms with Crippen LogP contribution < -0.4 is 10.0 Å². The number of sulfonamides is 1. The van der Waals surface area contributed by atoms with Gasteiger partial charge in [-0.1, -0.05) is 13.0 Å². The first-order valence-electron chi connectivity index (χ1n) is 7.49. The van der Waals surface area contributed by atoms with Crippen molar-refractivity contribution in [3.63, 3.8) is 0 Å². The third kappa shape index (κ3) is 2.88. The van der Waals surface area contributed by atoms with E-state index in [2.05, 4.69) is 14.9 Å². The fourth-order valence-electron chi connectivity index (χ4n) is 3.19. The fraction of sp³-hybridized carbons (Fsp3) is 0.533. The SMILES string of the molecule is C[C@@H]1CN(C)C[C@@H]1NS(=O)(=O)c1ccc2c(c1)C(=O)NCC2. The molecule has 0 aromatic heterocycles. The molecule has 7 heteroatoms. The van der Waals surface area contributed by atoms with Crippen LogP contribution in [0.5, 0.6) is 0 Å². The summed E-state index contributed by atoms with van der Waals surface area (Å²) in [5.41, 5.74) is 1.36. The Labute approximate surface area is 130 Å². The molecular formula is C15H21N3O3S. The van der Waals surface area contributed by atoms with E-state index in [4.69, 9.17) is 0 Å². The van der Waals surface area contributed by atoms with Gasteiger partial charge in [0, 0.05) is 31.2 Å². The first-order valence-corrected chi connectivity index (χ1v) is 8.97. The Morgan fingerprint density at radius 1 is 1.32 bits per heavy atom. The van der Waals surface area contributed by atoms with Crippen LogP contribution in [-0.2, 0) is 16.4 Å². The van der Waals surface area contributed by atoms with Crippen LogP contribution in [0.25, 0.3) is 0 Å². The summed E-state index contributed by atoms with van der Waals surface area (Å²) in [6.07, 6.45) is 0.735. The van der Waals surface area contributed by atoms with Crippen LogP contribution in [0.1, 0.15) is 22.8 Å². The summed E-state index contributed by atoms with van der Waals surface area (Å²) in [7, 11) is -1.63. The predicted molar refractivity (Wildman–Crippen MR) is 83.2 cm³/mol. The Bertz CT molecular complexity index is 702. The summed E-state index contributed by atoms with van der Waals surface area (Å²) in [5.74, 6) is 0.0629. The van der Waals surface area contributed by atoms with Crippen LogP contribution in [0.4, 0.5) is 0 Å². The van der Waals surface area contributed by atoms with Crippen molar-refractivity contribution in [2.24, 2.45) is 5.92 Å².